The maximum Gasteiger partial charge on any atom is 0.275 e. The van der Waals surface area contributed by atoms with Gasteiger partial charge in [0.2, 0.25) is 0 Å². The third-order valence-corrected chi connectivity index (χ3v) is 2.05. The summed E-state index contributed by atoms with van der Waals surface area (Å²) in [5.74, 6) is 0. The fraction of sp³-hybridized carbons (Fsp3) is 0.182. The van der Waals surface area contributed by atoms with Crippen molar-refractivity contribution in [2.24, 2.45) is 0 Å². The molecule has 0 aliphatic rings. The lowest BCUT2D eigenvalue weighted by Crippen LogP contribution is -1.95. The Labute approximate surface area is 87.6 Å². The summed E-state index contributed by atoms with van der Waals surface area (Å²) in [4.78, 5) is 10.3. The van der Waals surface area contributed by atoms with Gasteiger partial charge in [-0.05, 0) is 37.6 Å². The van der Waals surface area contributed by atoms with E-state index >= 15 is 0 Å². The van der Waals surface area contributed by atoms with Crippen molar-refractivity contribution >= 4 is 11.8 Å². The van der Waals surface area contributed by atoms with Gasteiger partial charge in [0.25, 0.3) is 5.69 Å². The quantitative estimate of drug-likeness (QED) is 0.420. The number of nitrogens with zero attached hydrogens (tertiary/aromatic N) is 2. The summed E-state index contributed by atoms with van der Waals surface area (Å²) in [6.45, 7) is 3.38. The molecule has 0 aliphatic carbocycles. The van der Waals surface area contributed by atoms with E-state index in [0.29, 0.717) is 11.1 Å². The van der Waals surface area contributed by atoms with Crippen molar-refractivity contribution in [2.75, 3.05) is 0 Å². The molecule has 0 saturated heterocycles. The number of nitro groups is 1. The van der Waals surface area contributed by atoms with Crippen LogP contribution in [0.1, 0.15) is 16.7 Å². The van der Waals surface area contributed by atoms with E-state index in [0.717, 1.165) is 5.56 Å². The van der Waals surface area contributed by atoms with Crippen molar-refractivity contribution in [3.8, 4) is 6.07 Å². The van der Waals surface area contributed by atoms with Crippen LogP contribution in [0.5, 0.6) is 0 Å². The molecule has 76 valence electrons. The second-order valence-corrected chi connectivity index (χ2v) is 3.22. The minimum atomic E-state index is -0.386. The fourth-order valence-electron chi connectivity index (χ4n) is 1.51. The van der Waals surface area contributed by atoms with Gasteiger partial charge in [0.1, 0.15) is 0 Å². The molecule has 0 saturated carbocycles. The number of hydrogen-bond acceptors (Lipinski definition) is 3. The molecule has 0 N–H and O–H groups in total. The molecule has 0 spiro atoms. The number of benzene rings is 1. The highest BCUT2D eigenvalue weighted by Crippen LogP contribution is 2.24. The lowest BCUT2D eigenvalue weighted by atomic mass is 10.0. The number of aryl methyl sites for hydroxylation is 2. The first-order valence-corrected chi connectivity index (χ1v) is 4.38. The maximum absolute atomic E-state index is 10.7. The van der Waals surface area contributed by atoms with Crippen molar-refractivity contribution in [1.29, 1.82) is 5.26 Å². The minimum absolute atomic E-state index is 0.143. The van der Waals surface area contributed by atoms with Crippen molar-refractivity contribution in [3.63, 3.8) is 0 Å². The van der Waals surface area contributed by atoms with E-state index in [-0.39, 0.29) is 10.6 Å². The molecule has 0 radical (unpaired) electrons. The Kier molecular flexibility index (Phi) is 3.19. The van der Waals surface area contributed by atoms with Gasteiger partial charge in [-0.3, -0.25) is 10.1 Å². The molecule has 0 aromatic heterocycles. The zero-order valence-electron chi connectivity index (χ0n) is 8.52. The summed E-state index contributed by atoms with van der Waals surface area (Å²) in [6, 6.07) is 5.26. The van der Waals surface area contributed by atoms with E-state index in [9.17, 15) is 10.1 Å². The third kappa shape index (κ3) is 2.41. The highest BCUT2D eigenvalue weighted by molar-refractivity contribution is 5.59. The van der Waals surface area contributed by atoms with Gasteiger partial charge in [0, 0.05) is 17.2 Å². The fourth-order valence-corrected chi connectivity index (χ4v) is 1.51. The van der Waals surface area contributed by atoms with Crippen LogP contribution in [0, 0.1) is 35.3 Å². The Morgan fingerprint density at radius 3 is 2.33 bits per heavy atom. The monoisotopic (exact) mass is 202 g/mol. The Morgan fingerprint density at radius 2 is 1.93 bits per heavy atom. The van der Waals surface area contributed by atoms with E-state index in [2.05, 4.69) is 0 Å². The summed E-state index contributed by atoms with van der Waals surface area (Å²) >= 11 is 0. The first kappa shape index (κ1) is 10.9. The van der Waals surface area contributed by atoms with E-state index < -0.39 is 0 Å². The van der Waals surface area contributed by atoms with Gasteiger partial charge in [-0.1, -0.05) is 0 Å². The van der Waals surface area contributed by atoms with Crippen LogP contribution >= 0.6 is 0 Å². The zero-order chi connectivity index (χ0) is 11.4. The molecule has 0 fully saturated rings. The maximum atomic E-state index is 10.7. The number of nitriles is 1. The largest absolute Gasteiger partial charge is 0.275 e. The number of allylic oxidation sites excluding steroid dienone is 1. The predicted molar refractivity (Wildman–Crippen MR) is 57.2 cm³/mol. The Balaban J connectivity index is 3.27. The molecular formula is C11H10N2O2. The van der Waals surface area contributed by atoms with Crippen LogP contribution in [0.25, 0.3) is 6.08 Å². The van der Waals surface area contributed by atoms with Crippen molar-refractivity contribution in [2.45, 2.75) is 13.8 Å². The predicted octanol–water partition coefficient (Wildman–Crippen LogP) is 2.75. The van der Waals surface area contributed by atoms with Crippen LogP contribution < -0.4 is 0 Å². The van der Waals surface area contributed by atoms with E-state index in [1.165, 1.54) is 6.08 Å². The lowest BCUT2D eigenvalue weighted by molar-refractivity contribution is -0.386. The molecule has 4 heteroatoms. The van der Waals surface area contributed by atoms with Crippen LogP contribution in [-0.4, -0.2) is 4.92 Å². The summed E-state index contributed by atoms with van der Waals surface area (Å²) in [7, 11) is 0. The van der Waals surface area contributed by atoms with Crippen molar-refractivity contribution < 1.29 is 4.92 Å². The van der Waals surface area contributed by atoms with Gasteiger partial charge in [0.15, 0.2) is 0 Å². The molecule has 1 rings (SSSR count). The van der Waals surface area contributed by atoms with Crippen molar-refractivity contribution in [3.05, 3.63) is 45.0 Å². The number of hydrogen-bond donors (Lipinski definition) is 0. The number of rotatable bonds is 2. The van der Waals surface area contributed by atoms with Crippen molar-refractivity contribution in [1.82, 2.24) is 0 Å². The Bertz CT molecular complexity index is 447. The average Bonchev–Trinajstić information content (AvgIpc) is 2.12. The average molecular weight is 202 g/mol. The highest BCUT2D eigenvalue weighted by Gasteiger charge is 2.14. The first-order chi connectivity index (χ1) is 7.06. The molecule has 0 bridgehead atoms. The third-order valence-electron chi connectivity index (χ3n) is 2.05. The topological polar surface area (TPSA) is 66.9 Å². The molecule has 0 unspecified atom stereocenters. The van der Waals surface area contributed by atoms with Gasteiger partial charge < -0.3 is 0 Å². The summed E-state index contributed by atoms with van der Waals surface area (Å²) in [6.07, 6.45) is 2.98. The molecule has 0 heterocycles. The molecular weight excluding hydrogens is 192 g/mol. The molecule has 0 amide bonds. The van der Waals surface area contributed by atoms with Gasteiger partial charge in [-0.15, -0.1) is 0 Å². The Hall–Kier alpha value is -2.15. The second-order valence-electron chi connectivity index (χ2n) is 3.22. The number of nitro benzene ring substituents is 1. The molecule has 4 nitrogen and oxygen atoms in total. The Morgan fingerprint density at radius 1 is 1.40 bits per heavy atom. The standard InChI is InChI=1S/C11H10N2O2/c1-8-6-10(4-3-5-12)7-9(2)11(8)13(14)15/h3-4,6-7H,1-2H3/b4-3+. The SMILES string of the molecule is Cc1cc(/C=C/C#N)cc(C)c1[N+](=O)[O-]. The van der Waals surface area contributed by atoms with Crippen LogP contribution in [-0.2, 0) is 0 Å². The summed E-state index contributed by atoms with van der Waals surface area (Å²) in [5, 5.41) is 19.1. The molecule has 0 atom stereocenters. The first-order valence-electron chi connectivity index (χ1n) is 4.38. The van der Waals surface area contributed by atoms with Crippen LogP contribution in [0.4, 0.5) is 5.69 Å². The van der Waals surface area contributed by atoms with E-state index in [1.807, 2.05) is 6.07 Å². The smallest absolute Gasteiger partial charge is 0.258 e. The normalized spacial score (nSPS) is 10.2. The van der Waals surface area contributed by atoms with Gasteiger partial charge >= 0.3 is 0 Å². The van der Waals surface area contributed by atoms with Gasteiger partial charge in [-0.2, -0.15) is 5.26 Å². The van der Waals surface area contributed by atoms with Gasteiger partial charge in [0.05, 0.1) is 11.0 Å². The molecule has 1 aromatic rings. The van der Waals surface area contributed by atoms with Crippen LogP contribution in [0.15, 0.2) is 18.2 Å². The summed E-state index contributed by atoms with van der Waals surface area (Å²) < 4.78 is 0. The lowest BCUT2D eigenvalue weighted by Gasteiger charge is -2.02. The van der Waals surface area contributed by atoms with E-state index in [1.54, 1.807) is 32.1 Å². The minimum Gasteiger partial charge on any atom is -0.258 e. The van der Waals surface area contributed by atoms with Gasteiger partial charge in [-0.25, -0.2) is 0 Å². The zero-order valence-corrected chi connectivity index (χ0v) is 8.52. The highest BCUT2D eigenvalue weighted by atomic mass is 16.6. The van der Waals surface area contributed by atoms with Crippen LogP contribution in [0.3, 0.4) is 0 Å². The summed E-state index contributed by atoms with van der Waals surface area (Å²) in [5.41, 5.74) is 2.16. The second kappa shape index (κ2) is 4.38. The van der Waals surface area contributed by atoms with E-state index in [4.69, 9.17) is 5.26 Å². The molecule has 15 heavy (non-hydrogen) atoms. The molecule has 0 aliphatic heterocycles. The van der Waals surface area contributed by atoms with Crippen LogP contribution in [0.2, 0.25) is 0 Å². The molecule has 1 aromatic carbocycles.